The van der Waals surface area contributed by atoms with E-state index in [1.165, 1.54) is 13.1 Å². The van der Waals surface area contributed by atoms with Crippen molar-refractivity contribution < 1.29 is 32.7 Å². The molecule has 0 saturated carbocycles. The SMILES string of the molecule is C[CH-]C.[CH2-]C[C-]1CN(C(C)C)C1.[Y+3]. The molecule has 13 heavy (non-hydrogen) atoms. The summed E-state index contributed by atoms with van der Waals surface area (Å²) >= 11 is 0. The maximum absolute atomic E-state index is 3.84. The average Bonchev–Trinajstić information content (AvgIpc) is 1.85. The van der Waals surface area contributed by atoms with Crippen LogP contribution in [0.25, 0.3) is 0 Å². The van der Waals surface area contributed by atoms with Crippen LogP contribution < -0.4 is 0 Å². The van der Waals surface area contributed by atoms with E-state index >= 15 is 0 Å². The summed E-state index contributed by atoms with van der Waals surface area (Å²) in [6.45, 7) is 14.7. The topological polar surface area (TPSA) is 3.24 Å². The summed E-state index contributed by atoms with van der Waals surface area (Å²) in [6.07, 6.45) is 3.03. The van der Waals surface area contributed by atoms with Gasteiger partial charge in [-0.25, -0.2) is 0 Å². The van der Waals surface area contributed by atoms with E-state index in [0.717, 1.165) is 12.5 Å². The van der Waals surface area contributed by atoms with Crippen molar-refractivity contribution in [1.82, 2.24) is 4.90 Å². The quantitative estimate of drug-likeness (QED) is 0.687. The van der Waals surface area contributed by atoms with Crippen LogP contribution in [-0.2, 0) is 32.7 Å². The molecule has 0 aromatic carbocycles. The Hall–Kier alpha value is 1.06. The van der Waals surface area contributed by atoms with Crippen molar-refractivity contribution in [3.8, 4) is 0 Å². The first kappa shape index (κ1) is 16.5. The number of rotatable bonds is 2. The zero-order valence-corrected chi connectivity index (χ0v) is 12.3. The first-order valence-electron chi connectivity index (χ1n) is 4.76. The third kappa shape index (κ3) is 7.05. The van der Waals surface area contributed by atoms with Crippen LogP contribution in [0, 0.1) is 19.3 Å². The van der Waals surface area contributed by atoms with Gasteiger partial charge < -0.3 is 30.6 Å². The summed E-state index contributed by atoms with van der Waals surface area (Å²) < 4.78 is 0. The zero-order valence-electron chi connectivity index (χ0n) is 9.51. The zero-order chi connectivity index (χ0) is 9.56. The van der Waals surface area contributed by atoms with Gasteiger partial charge in [0.1, 0.15) is 0 Å². The smallest absolute Gasteiger partial charge is 0.372 e. The van der Waals surface area contributed by atoms with Crippen LogP contribution in [0.15, 0.2) is 0 Å². The predicted octanol–water partition coefficient (Wildman–Crippen LogP) is 2.74. The van der Waals surface area contributed by atoms with E-state index in [0.29, 0.717) is 0 Å². The van der Waals surface area contributed by atoms with Gasteiger partial charge in [-0.3, -0.25) is 0 Å². The van der Waals surface area contributed by atoms with Gasteiger partial charge in [0.25, 0.3) is 0 Å². The molecule has 0 atom stereocenters. The molecule has 0 aromatic heterocycles. The van der Waals surface area contributed by atoms with Crippen molar-refractivity contribution in [3.05, 3.63) is 19.3 Å². The van der Waals surface area contributed by atoms with Crippen LogP contribution in [0.2, 0.25) is 0 Å². The fourth-order valence-electron chi connectivity index (χ4n) is 1.05. The van der Waals surface area contributed by atoms with Crippen LogP contribution in [0.1, 0.15) is 34.1 Å². The number of hydrogen-bond donors (Lipinski definition) is 0. The molecule has 0 radical (unpaired) electrons. The molecule has 2 heteroatoms. The average molecular weight is 257 g/mol. The first-order valence-corrected chi connectivity index (χ1v) is 4.76. The Morgan fingerprint density at radius 1 is 1.38 bits per heavy atom. The summed E-state index contributed by atoms with van der Waals surface area (Å²) in [5, 5.41) is 0. The number of likely N-dealkylation sites (tertiary alicyclic amines) is 1. The van der Waals surface area contributed by atoms with Crippen molar-refractivity contribution in [3.63, 3.8) is 0 Å². The monoisotopic (exact) mass is 257 g/mol. The second-order valence-corrected chi connectivity index (χ2v) is 3.58. The fraction of sp³-hybridized carbons (Fsp3) is 0.727. The van der Waals surface area contributed by atoms with Crippen LogP contribution >= 0.6 is 0 Å². The van der Waals surface area contributed by atoms with Gasteiger partial charge in [-0.15, -0.1) is 13.1 Å². The molecule has 74 valence electrons. The molecule has 1 saturated heterocycles. The second kappa shape index (κ2) is 9.61. The predicted molar refractivity (Wildman–Crippen MR) is 55.6 cm³/mol. The Morgan fingerprint density at radius 3 is 2.00 bits per heavy atom. The molecule has 0 amide bonds. The molecule has 1 heterocycles. The maximum Gasteiger partial charge on any atom is 3.00 e. The Kier molecular flexibility index (Phi) is 12.2. The summed E-state index contributed by atoms with van der Waals surface area (Å²) in [5.41, 5.74) is 0. The molecule has 1 rings (SSSR count). The van der Waals surface area contributed by atoms with Crippen LogP contribution in [0.4, 0.5) is 0 Å². The molecule has 0 unspecified atom stereocenters. The van der Waals surface area contributed by atoms with Gasteiger partial charge in [-0.2, -0.15) is 13.8 Å². The molecule has 1 aliphatic heterocycles. The standard InChI is InChI=1S/C8H15N.C3H7.Y/c1-4-8-5-9(6-8)7(2)3;1-3-2;/h7H,1,4-6H2,2-3H3;3H,1-2H3;/q-2;-1;+3. The van der Waals surface area contributed by atoms with Crippen LogP contribution in [0.5, 0.6) is 0 Å². The molecular weight excluding hydrogens is 235 g/mol. The number of hydrogen-bond acceptors (Lipinski definition) is 1. The van der Waals surface area contributed by atoms with E-state index in [4.69, 9.17) is 0 Å². The van der Waals surface area contributed by atoms with Gasteiger partial charge in [0.2, 0.25) is 0 Å². The van der Waals surface area contributed by atoms with E-state index in [-0.39, 0.29) is 32.7 Å². The molecule has 1 nitrogen and oxygen atoms in total. The van der Waals surface area contributed by atoms with E-state index in [9.17, 15) is 0 Å². The van der Waals surface area contributed by atoms with Gasteiger partial charge in [0.15, 0.2) is 0 Å². The van der Waals surface area contributed by atoms with Gasteiger partial charge in [0.05, 0.1) is 0 Å². The molecule has 1 fully saturated rings. The van der Waals surface area contributed by atoms with E-state index in [2.05, 4.69) is 25.7 Å². The Balaban J connectivity index is 0. The summed E-state index contributed by atoms with van der Waals surface area (Å²) in [7, 11) is 0. The Morgan fingerprint density at radius 2 is 1.77 bits per heavy atom. The summed E-state index contributed by atoms with van der Waals surface area (Å²) in [4.78, 5) is 2.44. The largest absolute Gasteiger partial charge is 3.00 e. The summed E-state index contributed by atoms with van der Waals surface area (Å²) in [6, 6.07) is 0.722. The minimum atomic E-state index is 0. The van der Waals surface area contributed by atoms with Gasteiger partial charge in [-0.05, 0) is 6.04 Å². The molecule has 0 spiro atoms. The van der Waals surface area contributed by atoms with Crippen molar-refractivity contribution in [2.45, 2.75) is 40.2 Å². The summed E-state index contributed by atoms with van der Waals surface area (Å²) in [5.74, 6) is 1.60. The van der Waals surface area contributed by atoms with E-state index in [1.807, 2.05) is 20.3 Å². The van der Waals surface area contributed by atoms with Crippen molar-refractivity contribution >= 4 is 0 Å². The molecule has 0 bridgehead atoms. The molecule has 0 aliphatic carbocycles. The van der Waals surface area contributed by atoms with Crippen LogP contribution in [-0.4, -0.2) is 24.0 Å². The van der Waals surface area contributed by atoms with Crippen molar-refractivity contribution in [2.75, 3.05) is 13.1 Å². The Bertz CT molecular complexity index is 98.3. The van der Waals surface area contributed by atoms with Crippen LogP contribution in [0.3, 0.4) is 0 Å². The van der Waals surface area contributed by atoms with Gasteiger partial charge in [-0.1, -0.05) is 13.8 Å². The Labute approximate surface area is 110 Å². The third-order valence-electron chi connectivity index (χ3n) is 1.94. The minimum absolute atomic E-state index is 0. The molecule has 0 aromatic rings. The maximum atomic E-state index is 3.84. The van der Waals surface area contributed by atoms with Crippen molar-refractivity contribution in [1.29, 1.82) is 0 Å². The van der Waals surface area contributed by atoms with Gasteiger partial charge >= 0.3 is 32.7 Å². The molecule has 0 N–H and O–H groups in total. The number of nitrogens with zero attached hydrogens (tertiary/aromatic N) is 1. The van der Waals surface area contributed by atoms with E-state index < -0.39 is 0 Å². The molecule has 1 aliphatic rings. The normalized spacial score (nSPS) is 17.1. The van der Waals surface area contributed by atoms with Crippen molar-refractivity contribution in [2.24, 2.45) is 0 Å². The first-order chi connectivity index (χ1) is 5.65. The second-order valence-electron chi connectivity index (χ2n) is 3.58. The fourth-order valence-corrected chi connectivity index (χ4v) is 1.05. The van der Waals surface area contributed by atoms with Gasteiger partial charge in [0, 0.05) is 0 Å². The molecular formula is C11H22NY. The van der Waals surface area contributed by atoms with E-state index in [1.54, 1.807) is 5.92 Å². The minimum Gasteiger partial charge on any atom is -0.372 e. The third-order valence-corrected chi connectivity index (χ3v) is 1.94.